The SMILES string of the molecule is CCCCc1ccc(C=NN=Cc2ccc(F)cc2)c(F)c1. The minimum atomic E-state index is -0.300. The van der Waals surface area contributed by atoms with Crippen molar-refractivity contribution in [2.24, 2.45) is 10.2 Å². The van der Waals surface area contributed by atoms with Gasteiger partial charge < -0.3 is 0 Å². The van der Waals surface area contributed by atoms with Gasteiger partial charge in [0.15, 0.2) is 0 Å². The minimum absolute atomic E-state index is 0.297. The molecule has 0 radical (unpaired) electrons. The van der Waals surface area contributed by atoms with Crippen LogP contribution in [-0.2, 0) is 6.42 Å². The zero-order valence-electron chi connectivity index (χ0n) is 12.5. The van der Waals surface area contributed by atoms with Crippen molar-refractivity contribution in [2.75, 3.05) is 0 Å². The maximum absolute atomic E-state index is 13.9. The molecular weight excluding hydrogens is 282 g/mol. The number of unbranched alkanes of at least 4 members (excludes halogenated alkanes) is 1. The summed E-state index contributed by atoms with van der Waals surface area (Å²) < 4.78 is 26.6. The predicted octanol–water partition coefficient (Wildman–Crippen LogP) is 4.76. The first-order valence-electron chi connectivity index (χ1n) is 7.29. The molecule has 2 rings (SSSR count). The molecule has 0 aromatic heterocycles. The van der Waals surface area contributed by atoms with Gasteiger partial charge in [-0.1, -0.05) is 37.6 Å². The molecule has 0 unspecified atom stereocenters. The summed E-state index contributed by atoms with van der Waals surface area (Å²) in [6, 6.07) is 11.0. The Kier molecular flexibility index (Phi) is 5.95. The third-order valence-electron chi connectivity index (χ3n) is 3.22. The first kappa shape index (κ1) is 16.0. The molecule has 0 heterocycles. The summed E-state index contributed by atoms with van der Waals surface area (Å²) in [5, 5.41) is 7.66. The van der Waals surface area contributed by atoms with Crippen LogP contribution < -0.4 is 0 Å². The average molecular weight is 300 g/mol. The van der Waals surface area contributed by atoms with Crippen LogP contribution >= 0.6 is 0 Å². The third-order valence-corrected chi connectivity index (χ3v) is 3.22. The van der Waals surface area contributed by atoms with Crippen LogP contribution in [0, 0.1) is 11.6 Å². The van der Waals surface area contributed by atoms with Gasteiger partial charge in [0.2, 0.25) is 0 Å². The number of nitrogens with zero attached hydrogens (tertiary/aromatic N) is 2. The van der Waals surface area contributed by atoms with Gasteiger partial charge in [0, 0.05) is 5.56 Å². The molecule has 114 valence electrons. The van der Waals surface area contributed by atoms with Crippen molar-refractivity contribution in [2.45, 2.75) is 26.2 Å². The van der Waals surface area contributed by atoms with Gasteiger partial charge in [-0.25, -0.2) is 8.78 Å². The Morgan fingerprint density at radius 1 is 0.955 bits per heavy atom. The van der Waals surface area contributed by atoms with Crippen LogP contribution in [0.4, 0.5) is 8.78 Å². The smallest absolute Gasteiger partial charge is 0.132 e. The van der Waals surface area contributed by atoms with Crippen LogP contribution in [0.25, 0.3) is 0 Å². The van der Waals surface area contributed by atoms with Crippen molar-refractivity contribution in [3.63, 3.8) is 0 Å². The maximum atomic E-state index is 13.9. The van der Waals surface area contributed by atoms with Crippen LogP contribution in [0.3, 0.4) is 0 Å². The van der Waals surface area contributed by atoms with Crippen LogP contribution in [0.1, 0.15) is 36.5 Å². The summed E-state index contributed by atoms with van der Waals surface area (Å²) in [5.74, 6) is -0.597. The summed E-state index contributed by atoms with van der Waals surface area (Å²) in [6.45, 7) is 2.11. The minimum Gasteiger partial charge on any atom is -0.207 e. The van der Waals surface area contributed by atoms with Crippen LogP contribution in [0.2, 0.25) is 0 Å². The monoisotopic (exact) mass is 300 g/mol. The number of hydrogen-bond donors (Lipinski definition) is 0. The van der Waals surface area contributed by atoms with Gasteiger partial charge in [-0.3, -0.25) is 0 Å². The highest BCUT2D eigenvalue weighted by Crippen LogP contribution is 2.11. The fourth-order valence-corrected chi connectivity index (χ4v) is 1.96. The summed E-state index contributed by atoms with van der Waals surface area (Å²) in [7, 11) is 0. The lowest BCUT2D eigenvalue weighted by Gasteiger charge is -2.01. The van der Waals surface area contributed by atoms with E-state index < -0.39 is 0 Å². The van der Waals surface area contributed by atoms with Crippen molar-refractivity contribution in [3.8, 4) is 0 Å². The molecule has 0 aliphatic heterocycles. The quantitative estimate of drug-likeness (QED) is 0.543. The van der Waals surface area contributed by atoms with Crippen molar-refractivity contribution in [1.29, 1.82) is 0 Å². The molecule has 22 heavy (non-hydrogen) atoms. The summed E-state index contributed by atoms with van der Waals surface area (Å²) >= 11 is 0. The van der Waals surface area contributed by atoms with E-state index in [1.54, 1.807) is 24.3 Å². The normalized spacial score (nSPS) is 11.6. The van der Waals surface area contributed by atoms with Crippen molar-refractivity contribution >= 4 is 12.4 Å². The van der Waals surface area contributed by atoms with Gasteiger partial charge in [0.1, 0.15) is 11.6 Å². The first-order chi connectivity index (χ1) is 10.7. The highest BCUT2D eigenvalue weighted by Gasteiger charge is 2.01. The molecule has 0 saturated heterocycles. The molecule has 0 amide bonds. The van der Waals surface area contributed by atoms with E-state index >= 15 is 0 Å². The summed E-state index contributed by atoms with van der Waals surface area (Å²) in [6.07, 6.45) is 5.88. The predicted molar refractivity (Wildman–Crippen MR) is 86.6 cm³/mol. The molecule has 2 nitrogen and oxygen atoms in total. The highest BCUT2D eigenvalue weighted by atomic mass is 19.1. The Morgan fingerprint density at radius 3 is 2.36 bits per heavy atom. The van der Waals surface area contributed by atoms with E-state index in [4.69, 9.17) is 0 Å². The number of rotatable bonds is 6. The molecule has 2 aromatic rings. The lowest BCUT2D eigenvalue weighted by molar-refractivity contribution is 0.622. The molecule has 0 spiro atoms. The molecule has 0 aliphatic rings. The summed E-state index contributed by atoms with van der Waals surface area (Å²) in [5.41, 5.74) is 2.12. The van der Waals surface area contributed by atoms with E-state index in [1.807, 2.05) is 6.07 Å². The van der Waals surface area contributed by atoms with Gasteiger partial charge in [0.25, 0.3) is 0 Å². The summed E-state index contributed by atoms with van der Waals surface area (Å²) in [4.78, 5) is 0. The Labute approximate surface area is 129 Å². The zero-order valence-corrected chi connectivity index (χ0v) is 12.5. The largest absolute Gasteiger partial charge is 0.207 e. The fourth-order valence-electron chi connectivity index (χ4n) is 1.96. The van der Waals surface area contributed by atoms with Gasteiger partial charge in [-0.05, 0) is 42.2 Å². The number of benzene rings is 2. The number of halogens is 2. The molecule has 0 aliphatic carbocycles. The molecule has 0 bridgehead atoms. The van der Waals surface area contributed by atoms with E-state index in [1.165, 1.54) is 24.6 Å². The van der Waals surface area contributed by atoms with Crippen LogP contribution in [0.5, 0.6) is 0 Å². The average Bonchev–Trinajstić information content (AvgIpc) is 2.52. The zero-order chi connectivity index (χ0) is 15.8. The Bertz CT molecular complexity index is 661. The van der Waals surface area contributed by atoms with E-state index in [0.717, 1.165) is 30.4 Å². The second kappa shape index (κ2) is 8.17. The van der Waals surface area contributed by atoms with E-state index in [-0.39, 0.29) is 11.6 Å². The molecule has 0 atom stereocenters. The second-order valence-corrected chi connectivity index (χ2v) is 5.00. The molecule has 0 N–H and O–H groups in total. The maximum Gasteiger partial charge on any atom is 0.132 e. The third kappa shape index (κ3) is 4.88. The molecule has 2 aromatic carbocycles. The molecule has 0 fully saturated rings. The molecule has 4 heteroatoms. The second-order valence-electron chi connectivity index (χ2n) is 5.00. The molecule has 0 saturated carbocycles. The van der Waals surface area contributed by atoms with Gasteiger partial charge in [-0.15, -0.1) is 0 Å². The van der Waals surface area contributed by atoms with E-state index in [2.05, 4.69) is 17.1 Å². The Balaban J connectivity index is 1.99. The Morgan fingerprint density at radius 2 is 1.68 bits per heavy atom. The first-order valence-corrected chi connectivity index (χ1v) is 7.29. The lowest BCUT2D eigenvalue weighted by Crippen LogP contribution is -1.92. The van der Waals surface area contributed by atoms with E-state index in [9.17, 15) is 8.78 Å². The highest BCUT2D eigenvalue weighted by molar-refractivity contribution is 5.82. The topological polar surface area (TPSA) is 24.7 Å². The van der Waals surface area contributed by atoms with Crippen LogP contribution in [0.15, 0.2) is 52.7 Å². The van der Waals surface area contributed by atoms with Gasteiger partial charge in [0.05, 0.1) is 12.4 Å². The standard InChI is InChI=1S/C18H18F2N2/c1-2-3-4-14-5-8-16(18(20)11-14)13-22-21-12-15-6-9-17(19)10-7-15/h5-13H,2-4H2,1H3. The number of aryl methyl sites for hydroxylation is 1. The van der Waals surface area contributed by atoms with Crippen molar-refractivity contribution in [3.05, 3.63) is 70.8 Å². The Hall–Kier alpha value is -2.36. The van der Waals surface area contributed by atoms with Crippen molar-refractivity contribution in [1.82, 2.24) is 0 Å². The lowest BCUT2D eigenvalue weighted by atomic mass is 10.1. The van der Waals surface area contributed by atoms with Gasteiger partial charge >= 0.3 is 0 Å². The van der Waals surface area contributed by atoms with Crippen LogP contribution in [-0.4, -0.2) is 12.4 Å². The fraction of sp³-hybridized carbons (Fsp3) is 0.222. The van der Waals surface area contributed by atoms with Crippen molar-refractivity contribution < 1.29 is 8.78 Å². The molecular formula is C18H18F2N2. The van der Waals surface area contributed by atoms with Gasteiger partial charge in [-0.2, -0.15) is 10.2 Å². The number of hydrogen-bond acceptors (Lipinski definition) is 2. The van der Waals surface area contributed by atoms with E-state index in [0.29, 0.717) is 5.56 Å².